The summed E-state index contributed by atoms with van der Waals surface area (Å²) in [5.74, 6) is 0.0857. The number of amides is 1. The maximum absolute atomic E-state index is 13.1. The molecule has 0 aromatic heterocycles. The molecule has 1 aromatic rings. The Kier molecular flexibility index (Phi) is 3.55. The van der Waals surface area contributed by atoms with E-state index in [4.69, 9.17) is 5.73 Å². The predicted octanol–water partition coefficient (Wildman–Crippen LogP) is 2.67. The Hall–Kier alpha value is -1.58. The van der Waals surface area contributed by atoms with E-state index in [-0.39, 0.29) is 17.6 Å². The van der Waals surface area contributed by atoms with Crippen molar-refractivity contribution in [3.05, 3.63) is 29.6 Å². The lowest BCUT2D eigenvalue weighted by Crippen LogP contribution is -2.38. The highest BCUT2D eigenvalue weighted by Crippen LogP contribution is 2.31. The highest BCUT2D eigenvalue weighted by molar-refractivity contribution is 5.95. The van der Waals surface area contributed by atoms with Gasteiger partial charge in [0, 0.05) is 18.2 Å². The van der Waals surface area contributed by atoms with Crippen LogP contribution < -0.4 is 5.73 Å². The van der Waals surface area contributed by atoms with Crippen LogP contribution in [0.25, 0.3) is 0 Å². The molecule has 18 heavy (non-hydrogen) atoms. The molecule has 0 radical (unpaired) electrons. The zero-order valence-electron chi connectivity index (χ0n) is 10.8. The largest absolute Gasteiger partial charge is 0.396 e. The van der Waals surface area contributed by atoms with Gasteiger partial charge in [0.25, 0.3) is 5.91 Å². The maximum Gasteiger partial charge on any atom is 0.254 e. The van der Waals surface area contributed by atoms with Crippen molar-refractivity contribution in [3.8, 4) is 0 Å². The molecule has 1 amide bonds. The number of hydrogen-bond acceptors (Lipinski definition) is 2. The van der Waals surface area contributed by atoms with Gasteiger partial charge in [-0.15, -0.1) is 0 Å². The summed E-state index contributed by atoms with van der Waals surface area (Å²) in [4.78, 5) is 14.2. The summed E-state index contributed by atoms with van der Waals surface area (Å²) in [6, 6.07) is 4.30. The Morgan fingerprint density at radius 2 is 2.17 bits per heavy atom. The number of nitrogens with two attached hydrogens (primary N) is 1. The summed E-state index contributed by atoms with van der Waals surface area (Å²) in [6.45, 7) is 4.77. The number of nitrogens with zero attached hydrogens (tertiary/aromatic N) is 1. The zero-order chi connectivity index (χ0) is 13.3. The van der Waals surface area contributed by atoms with Gasteiger partial charge in [-0.05, 0) is 50.8 Å². The summed E-state index contributed by atoms with van der Waals surface area (Å²) < 4.78 is 13.1. The molecular formula is C14H19FN2O. The van der Waals surface area contributed by atoms with Crippen LogP contribution in [0.4, 0.5) is 10.1 Å². The van der Waals surface area contributed by atoms with Crippen molar-refractivity contribution in [2.24, 2.45) is 5.92 Å². The minimum Gasteiger partial charge on any atom is -0.396 e. The van der Waals surface area contributed by atoms with Gasteiger partial charge < -0.3 is 10.6 Å². The number of anilines is 1. The van der Waals surface area contributed by atoms with Gasteiger partial charge in [-0.3, -0.25) is 4.79 Å². The molecule has 0 spiro atoms. The van der Waals surface area contributed by atoms with Gasteiger partial charge in [-0.2, -0.15) is 0 Å². The number of rotatable bonds is 4. The van der Waals surface area contributed by atoms with Crippen LogP contribution in [0, 0.1) is 11.7 Å². The fourth-order valence-electron chi connectivity index (χ4n) is 1.95. The molecule has 4 heteroatoms. The van der Waals surface area contributed by atoms with Crippen LogP contribution in [0.15, 0.2) is 18.2 Å². The van der Waals surface area contributed by atoms with E-state index in [0.717, 1.165) is 6.54 Å². The van der Waals surface area contributed by atoms with Crippen LogP contribution in [-0.2, 0) is 0 Å². The first-order valence-electron chi connectivity index (χ1n) is 6.35. The molecular weight excluding hydrogens is 231 g/mol. The van der Waals surface area contributed by atoms with Crippen molar-refractivity contribution in [2.45, 2.75) is 32.7 Å². The Balaban J connectivity index is 2.18. The van der Waals surface area contributed by atoms with E-state index in [1.165, 1.54) is 31.0 Å². The summed E-state index contributed by atoms with van der Waals surface area (Å²) in [5.41, 5.74) is 5.99. The van der Waals surface area contributed by atoms with Crippen molar-refractivity contribution < 1.29 is 9.18 Å². The first kappa shape index (κ1) is 12.9. The molecule has 1 aliphatic carbocycles. The van der Waals surface area contributed by atoms with Crippen molar-refractivity contribution in [2.75, 3.05) is 12.3 Å². The van der Waals surface area contributed by atoms with Gasteiger partial charge in [-0.1, -0.05) is 0 Å². The summed E-state index contributed by atoms with van der Waals surface area (Å²) in [6.07, 6.45) is 2.39. The minimum atomic E-state index is -0.482. The monoisotopic (exact) mass is 250 g/mol. The molecule has 1 aliphatic rings. The third kappa shape index (κ3) is 2.81. The highest BCUT2D eigenvalue weighted by Gasteiger charge is 2.28. The van der Waals surface area contributed by atoms with Crippen LogP contribution in [0.1, 0.15) is 37.0 Å². The molecule has 1 aromatic carbocycles. The molecule has 0 saturated heterocycles. The average molecular weight is 250 g/mol. The average Bonchev–Trinajstić information content (AvgIpc) is 3.12. The smallest absolute Gasteiger partial charge is 0.254 e. The first-order chi connectivity index (χ1) is 8.49. The molecule has 1 saturated carbocycles. The standard InChI is InChI=1S/C14H19FN2O/c1-9(2)17(8-10-3-4-10)14(18)11-5-6-12(15)13(16)7-11/h5-7,9-10H,3-4,8,16H2,1-2H3. The molecule has 1 fully saturated rings. The second kappa shape index (κ2) is 4.96. The number of hydrogen-bond donors (Lipinski definition) is 1. The lowest BCUT2D eigenvalue weighted by atomic mass is 10.1. The fraction of sp³-hybridized carbons (Fsp3) is 0.500. The molecule has 98 valence electrons. The normalized spacial score (nSPS) is 14.9. The van der Waals surface area contributed by atoms with E-state index in [1.54, 1.807) is 0 Å². The van der Waals surface area contributed by atoms with E-state index in [2.05, 4.69) is 0 Å². The van der Waals surface area contributed by atoms with Crippen LogP contribution in [0.2, 0.25) is 0 Å². The second-order valence-electron chi connectivity index (χ2n) is 5.23. The van der Waals surface area contributed by atoms with E-state index in [1.807, 2.05) is 18.7 Å². The Morgan fingerprint density at radius 1 is 1.50 bits per heavy atom. The Labute approximate surface area is 107 Å². The number of halogens is 1. The number of nitrogen functional groups attached to an aromatic ring is 1. The van der Waals surface area contributed by atoms with Crippen LogP contribution in [0.5, 0.6) is 0 Å². The van der Waals surface area contributed by atoms with E-state index in [9.17, 15) is 9.18 Å². The quantitative estimate of drug-likeness (QED) is 0.835. The van der Waals surface area contributed by atoms with Gasteiger partial charge in [-0.25, -0.2) is 4.39 Å². The van der Waals surface area contributed by atoms with Crippen LogP contribution >= 0.6 is 0 Å². The van der Waals surface area contributed by atoms with Gasteiger partial charge in [0.05, 0.1) is 5.69 Å². The topological polar surface area (TPSA) is 46.3 Å². The Bertz CT molecular complexity index is 455. The van der Waals surface area contributed by atoms with Crippen molar-refractivity contribution in [1.82, 2.24) is 4.90 Å². The first-order valence-corrected chi connectivity index (χ1v) is 6.35. The van der Waals surface area contributed by atoms with Crippen LogP contribution in [-0.4, -0.2) is 23.4 Å². The SMILES string of the molecule is CC(C)N(CC1CC1)C(=O)c1ccc(F)c(N)c1. The number of carbonyl (C=O) groups excluding carboxylic acids is 1. The van der Waals surface area contributed by atoms with E-state index < -0.39 is 5.82 Å². The summed E-state index contributed by atoms with van der Waals surface area (Å²) in [5, 5.41) is 0. The molecule has 0 bridgehead atoms. The zero-order valence-corrected chi connectivity index (χ0v) is 10.8. The molecule has 0 atom stereocenters. The van der Waals surface area contributed by atoms with Gasteiger partial charge >= 0.3 is 0 Å². The lowest BCUT2D eigenvalue weighted by Gasteiger charge is -2.27. The third-order valence-corrected chi connectivity index (χ3v) is 3.28. The molecule has 2 N–H and O–H groups in total. The molecule has 0 unspecified atom stereocenters. The summed E-state index contributed by atoms with van der Waals surface area (Å²) in [7, 11) is 0. The van der Waals surface area contributed by atoms with E-state index in [0.29, 0.717) is 11.5 Å². The van der Waals surface area contributed by atoms with Gasteiger partial charge in [0.15, 0.2) is 0 Å². The molecule has 2 rings (SSSR count). The third-order valence-electron chi connectivity index (χ3n) is 3.28. The minimum absolute atomic E-state index is 0.0241. The van der Waals surface area contributed by atoms with Gasteiger partial charge in [0.1, 0.15) is 5.82 Å². The predicted molar refractivity (Wildman–Crippen MR) is 69.7 cm³/mol. The fourth-order valence-corrected chi connectivity index (χ4v) is 1.95. The Morgan fingerprint density at radius 3 is 2.67 bits per heavy atom. The van der Waals surface area contributed by atoms with Gasteiger partial charge in [0.2, 0.25) is 0 Å². The van der Waals surface area contributed by atoms with Crippen molar-refractivity contribution in [1.29, 1.82) is 0 Å². The van der Waals surface area contributed by atoms with Crippen molar-refractivity contribution >= 4 is 11.6 Å². The molecule has 0 aliphatic heterocycles. The van der Waals surface area contributed by atoms with Crippen LogP contribution in [0.3, 0.4) is 0 Å². The van der Waals surface area contributed by atoms with Crippen molar-refractivity contribution in [3.63, 3.8) is 0 Å². The lowest BCUT2D eigenvalue weighted by molar-refractivity contribution is 0.0696. The van der Waals surface area contributed by atoms with E-state index >= 15 is 0 Å². The second-order valence-corrected chi connectivity index (χ2v) is 5.23. The summed E-state index contributed by atoms with van der Waals surface area (Å²) >= 11 is 0. The molecule has 0 heterocycles. The number of carbonyl (C=O) groups is 1. The number of benzene rings is 1. The highest BCUT2D eigenvalue weighted by atomic mass is 19.1. The molecule has 3 nitrogen and oxygen atoms in total. The maximum atomic E-state index is 13.1.